The molecule has 0 aromatic rings. The van der Waals surface area contributed by atoms with E-state index in [-0.39, 0.29) is 25.7 Å². The summed E-state index contributed by atoms with van der Waals surface area (Å²) in [6.07, 6.45) is -6.26. The number of allylic oxidation sites excluding steroid dienone is 2. The number of carboxylic acid groups (broad SMARTS) is 1. The van der Waals surface area contributed by atoms with Gasteiger partial charge in [0.2, 0.25) is 0 Å². The number of hydrogen-bond acceptors (Lipinski definition) is 18. The largest absolute Gasteiger partial charge is 0.481 e. The van der Waals surface area contributed by atoms with Gasteiger partial charge in [-0.1, -0.05) is 32.1 Å². The molecule has 0 amide bonds. The minimum atomic E-state index is -1.58. The summed E-state index contributed by atoms with van der Waals surface area (Å²) >= 11 is 0. The molecule has 0 aromatic carbocycles. The highest BCUT2D eigenvalue weighted by atomic mass is 16.7. The molecule has 19 heteroatoms. The van der Waals surface area contributed by atoms with E-state index in [4.69, 9.17) is 42.6 Å². The molecule has 64 heavy (non-hydrogen) atoms. The highest BCUT2D eigenvalue weighted by Crippen LogP contribution is 2.38. The number of nitrogens with zero attached hydrogens (tertiary/aromatic N) is 1. The monoisotopic (exact) mass is 913 g/mol. The van der Waals surface area contributed by atoms with E-state index in [1.807, 2.05) is 13.8 Å². The SMILES string of the molecule is CCCC(=O)O[C@H]1[C@H](C)O[C@@H](O[C@H]2[C@H](N(C)C)[C@@H](OC(=O)CCC(=O)O)[C@H](O[C@H]3[C@@H](CC=O)C[C@@H](C)[C@@H](OC(C)=O)/C=C/C=C/C[C@@H](C)OC(=O)C[C@@H](O)[C@@H]3OC)O[C@@H]2C)C[C@@]1(C)O. The first-order valence-electron chi connectivity index (χ1n) is 22.1. The van der Waals surface area contributed by atoms with Crippen LogP contribution >= 0.6 is 0 Å². The first-order chi connectivity index (χ1) is 30.1. The Balaban J connectivity index is 2.13. The molecule has 0 radical (unpaired) electrons. The lowest BCUT2D eigenvalue weighted by atomic mass is 9.82. The molecule has 16 atom stereocenters. The van der Waals surface area contributed by atoms with E-state index in [0.29, 0.717) is 19.1 Å². The van der Waals surface area contributed by atoms with Gasteiger partial charge in [0.05, 0.1) is 49.7 Å². The zero-order valence-electron chi connectivity index (χ0n) is 38.8. The summed E-state index contributed by atoms with van der Waals surface area (Å²) in [4.78, 5) is 77.0. The Labute approximate surface area is 376 Å². The number of rotatable bonds is 16. The number of cyclic esters (lactones) is 1. The van der Waals surface area contributed by atoms with Gasteiger partial charge in [-0.3, -0.25) is 24.0 Å². The number of ether oxygens (including phenoxy) is 9. The molecule has 0 saturated carbocycles. The van der Waals surface area contributed by atoms with Gasteiger partial charge in [-0.2, -0.15) is 0 Å². The maximum atomic E-state index is 13.5. The van der Waals surface area contributed by atoms with Crippen LogP contribution < -0.4 is 0 Å². The molecule has 0 unspecified atom stereocenters. The van der Waals surface area contributed by atoms with Crippen molar-refractivity contribution in [1.82, 2.24) is 4.90 Å². The number of aliphatic hydroxyl groups is 2. The number of carboxylic acids is 1. The van der Waals surface area contributed by atoms with E-state index in [0.717, 1.165) is 0 Å². The first kappa shape index (κ1) is 54.5. The van der Waals surface area contributed by atoms with Crippen molar-refractivity contribution in [3.05, 3.63) is 24.3 Å². The molecular formula is C45H71NO18. The van der Waals surface area contributed by atoms with Crippen LogP contribution in [0.3, 0.4) is 0 Å². The standard InChI is InChI=1S/C45H71NO18/c1-11-15-34(52)62-43-28(5)58-37(24-45(43,7)55)63-39-27(4)59-44(42(38(39)46(8)9)61-35(53)19-18-33(50)51)64-40-30(20-21-47)22-25(2)32(60-29(6)48)17-14-12-13-16-26(3)57-36(54)23-31(49)41(40)56-10/h12-14,17,21,25-28,30-32,37-44,49,55H,11,15-16,18-20,22-24H2,1-10H3,(H,50,51)/b13-12+,17-14+/t25-,26-,27-,28+,30+,31-,32+,37+,38+,39-,40+,41+,42-,43+,44+,45-/m1/s1. The number of aliphatic hydroxyl groups excluding tert-OH is 1. The van der Waals surface area contributed by atoms with Gasteiger partial charge in [0, 0.05) is 39.7 Å². The molecular weight excluding hydrogens is 842 g/mol. The highest BCUT2D eigenvalue weighted by molar-refractivity contribution is 5.76. The van der Waals surface area contributed by atoms with Gasteiger partial charge in [0.15, 0.2) is 24.8 Å². The van der Waals surface area contributed by atoms with E-state index in [1.54, 1.807) is 64.1 Å². The van der Waals surface area contributed by atoms with Gasteiger partial charge in [-0.15, -0.1) is 0 Å². The third kappa shape index (κ3) is 16.3. The average molecular weight is 914 g/mol. The van der Waals surface area contributed by atoms with Crippen LogP contribution in [-0.2, 0) is 71.4 Å². The maximum Gasteiger partial charge on any atom is 0.308 e. The fourth-order valence-corrected chi connectivity index (χ4v) is 8.51. The smallest absolute Gasteiger partial charge is 0.308 e. The summed E-state index contributed by atoms with van der Waals surface area (Å²) in [5, 5.41) is 32.6. The van der Waals surface area contributed by atoms with Crippen molar-refractivity contribution in [3.8, 4) is 0 Å². The van der Waals surface area contributed by atoms with Crippen LogP contribution in [0.25, 0.3) is 0 Å². The summed E-state index contributed by atoms with van der Waals surface area (Å²) in [6, 6.07) is -0.921. The Hall–Kier alpha value is -3.82. The third-order valence-corrected chi connectivity index (χ3v) is 11.6. The normalized spacial score (nSPS) is 37.7. The van der Waals surface area contributed by atoms with E-state index in [1.165, 1.54) is 21.0 Å². The molecule has 3 N–H and O–H groups in total. The summed E-state index contributed by atoms with van der Waals surface area (Å²) in [7, 11) is 4.67. The van der Waals surface area contributed by atoms with E-state index >= 15 is 0 Å². The molecule has 2 saturated heterocycles. The molecule has 3 heterocycles. The number of aliphatic carboxylic acids is 1. The van der Waals surface area contributed by atoms with E-state index < -0.39 is 146 Å². The third-order valence-electron chi connectivity index (χ3n) is 11.6. The topological polar surface area (TPSA) is 249 Å². The summed E-state index contributed by atoms with van der Waals surface area (Å²) in [5.74, 6) is -5.17. The second kappa shape index (κ2) is 25.8. The second-order valence-corrected chi connectivity index (χ2v) is 17.5. The van der Waals surface area contributed by atoms with Gasteiger partial charge in [0.25, 0.3) is 0 Å². The van der Waals surface area contributed by atoms with Crippen molar-refractivity contribution in [2.75, 3.05) is 21.2 Å². The Bertz CT molecular complexity index is 1600. The second-order valence-electron chi connectivity index (χ2n) is 17.5. The molecule has 0 aliphatic carbocycles. The van der Waals surface area contributed by atoms with Crippen LogP contribution in [0.4, 0.5) is 0 Å². The van der Waals surface area contributed by atoms with Gasteiger partial charge in [-0.05, 0) is 72.5 Å². The predicted molar refractivity (Wildman–Crippen MR) is 226 cm³/mol. The lowest BCUT2D eigenvalue weighted by Crippen LogP contribution is -2.66. The van der Waals surface area contributed by atoms with Crippen molar-refractivity contribution < 1.29 is 86.7 Å². The molecule has 3 aliphatic rings. The minimum Gasteiger partial charge on any atom is -0.481 e. The molecule has 3 aliphatic heterocycles. The minimum absolute atomic E-state index is 0.129. The zero-order valence-corrected chi connectivity index (χ0v) is 38.8. The van der Waals surface area contributed by atoms with Crippen molar-refractivity contribution in [3.63, 3.8) is 0 Å². The van der Waals surface area contributed by atoms with Gasteiger partial charge < -0.3 is 67.6 Å². The quantitative estimate of drug-likeness (QED) is 0.114. The molecule has 0 bridgehead atoms. The average Bonchev–Trinajstić information content (AvgIpc) is 3.18. The Morgan fingerprint density at radius 1 is 0.922 bits per heavy atom. The maximum absolute atomic E-state index is 13.5. The Morgan fingerprint density at radius 3 is 2.20 bits per heavy atom. The van der Waals surface area contributed by atoms with Crippen molar-refractivity contribution >= 4 is 36.1 Å². The van der Waals surface area contributed by atoms with Crippen LogP contribution in [0.5, 0.6) is 0 Å². The van der Waals surface area contributed by atoms with Crippen LogP contribution in [-0.4, -0.2) is 163 Å². The molecule has 364 valence electrons. The molecule has 3 rings (SSSR count). The van der Waals surface area contributed by atoms with Gasteiger partial charge in [-0.25, -0.2) is 0 Å². The molecule has 0 spiro atoms. The number of carbonyl (C=O) groups excluding carboxylic acids is 5. The summed E-state index contributed by atoms with van der Waals surface area (Å²) < 4.78 is 54.8. The summed E-state index contributed by atoms with van der Waals surface area (Å²) in [6.45, 7) is 11.4. The number of esters is 4. The lowest BCUT2D eigenvalue weighted by Gasteiger charge is -2.51. The van der Waals surface area contributed by atoms with Gasteiger partial charge in [0.1, 0.15) is 36.3 Å². The number of methoxy groups -OCH3 is 1. The first-order valence-corrected chi connectivity index (χ1v) is 22.1. The van der Waals surface area contributed by atoms with Crippen molar-refractivity contribution in [2.45, 2.75) is 192 Å². The number of carbonyl (C=O) groups is 6. The van der Waals surface area contributed by atoms with Crippen molar-refractivity contribution in [2.24, 2.45) is 11.8 Å². The Morgan fingerprint density at radius 2 is 1.61 bits per heavy atom. The number of aldehydes is 1. The molecule has 19 nitrogen and oxygen atoms in total. The molecule has 0 aromatic heterocycles. The van der Waals surface area contributed by atoms with E-state index in [2.05, 4.69) is 0 Å². The predicted octanol–water partition coefficient (Wildman–Crippen LogP) is 3.18. The Kier molecular flexibility index (Phi) is 21.9. The van der Waals surface area contributed by atoms with Gasteiger partial charge >= 0.3 is 29.8 Å². The number of likely N-dealkylation sites (N-methyl/N-ethyl adjacent to an activating group) is 1. The lowest BCUT2D eigenvalue weighted by molar-refractivity contribution is -0.345. The molecule has 2 fully saturated rings. The van der Waals surface area contributed by atoms with Crippen LogP contribution in [0.15, 0.2) is 24.3 Å². The van der Waals surface area contributed by atoms with Crippen molar-refractivity contribution in [1.29, 1.82) is 0 Å². The number of hydrogen-bond donors (Lipinski definition) is 3. The van der Waals surface area contributed by atoms with Crippen LogP contribution in [0, 0.1) is 11.8 Å². The fraction of sp³-hybridized carbons (Fsp3) is 0.778. The van der Waals surface area contributed by atoms with Crippen LogP contribution in [0.1, 0.15) is 106 Å². The van der Waals surface area contributed by atoms with Crippen LogP contribution in [0.2, 0.25) is 0 Å². The van der Waals surface area contributed by atoms with E-state index in [9.17, 15) is 44.1 Å². The fourth-order valence-electron chi connectivity index (χ4n) is 8.51. The highest BCUT2D eigenvalue weighted by Gasteiger charge is 2.54. The zero-order chi connectivity index (χ0) is 47.9. The summed E-state index contributed by atoms with van der Waals surface area (Å²) in [5.41, 5.74) is -1.58.